The van der Waals surface area contributed by atoms with Gasteiger partial charge in [0.15, 0.2) is 5.54 Å². The molecule has 1 fully saturated rings. The smallest absolute Gasteiger partial charge is 0.319 e. The number of hydrogen-bond acceptors (Lipinski definition) is 2. The predicted octanol–water partition coefficient (Wildman–Crippen LogP) is 5.00. The van der Waals surface area contributed by atoms with E-state index in [-0.39, 0.29) is 18.5 Å². The van der Waals surface area contributed by atoms with Crippen LogP contribution in [-0.4, -0.2) is 16.8 Å². The van der Waals surface area contributed by atoms with Crippen molar-refractivity contribution in [3.8, 4) is 0 Å². The highest BCUT2D eigenvalue weighted by Crippen LogP contribution is 2.33. The van der Waals surface area contributed by atoms with E-state index in [1.165, 1.54) is 10.5 Å². The van der Waals surface area contributed by atoms with Gasteiger partial charge in [-0.1, -0.05) is 98.8 Å². The summed E-state index contributed by atoms with van der Waals surface area (Å²) in [6.07, 6.45) is 0.408. The Hall–Kier alpha value is -3.40. The van der Waals surface area contributed by atoms with E-state index in [1.807, 2.05) is 72.8 Å². The van der Waals surface area contributed by atoms with Crippen molar-refractivity contribution in [3.05, 3.63) is 107 Å². The third-order valence-corrected chi connectivity index (χ3v) is 5.74. The molecular formula is C26H26N2O2. The van der Waals surface area contributed by atoms with E-state index in [0.717, 1.165) is 16.7 Å². The summed E-state index contributed by atoms with van der Waals surface area (Å²) in [6.45, 7) is 4.54. The van der Waals surface area contributed by atoms with E-state index < -0.39 is 5.54 Å². The lowest BCUT2D eigenvalue weighted by atomic mass is 9.83. The lowest BCUT2D eigenvalue weighted by molar-refractivity contribution is -0.132. The van der Waals surface area contributed by atoms with Gasteiger partial charge in [-0.3, -0.25) is 9.69 Å². The monoisotopic (exact) mass is 398 g/mol. The van der Waals surface area contributed by atoms with Crippen LogP contribution >= 0.6 is 0 Å². The molecule has 1 N–H and O–H groups in total. The van der Waals surface area contributed by atoms with Crippen molar-refractivity contribution in [1.29, 1.82) is 0 Å². The fourth-order valence-corrected chi connectivity index (χ4v) is 4.00. The Morgan fingerprint density at radius 1 is 0.800 bits per heavy atom. The molecule has 30 heavy (non-hydrogen) atoms. The first-order chi connectivity index (χ1) is 14.5. The Morgan fingerprint density at radius 3 is 2.00 bits per heavy atom. The molecule has 3 aromatic carbocycles. The number of nitrogens with zero attached hydrogens (tertiary/aromatic N) is 1. The summed E-state index contributed by atoms with van der Waals surface area (Å²) in [5, 5.41) is 3.02. The maximum atomic E-state index is 13.7. The quantitative estimate of drug-likeness (QED) is 0.594. The normalized spacial score (nSPS) is 18.7. The topological polar surface area (TPSA) is 49.4 Å². The van der Waals surface area contributed by atoms with Gasteiger partial charge in [0.1, 0.15) is 0 Å². The first-order valence-electron chi connectivity index (χ1n) is 10.3. The first kappa shape index (κ1) is 19.9. The number of imide groups is 1. The second kappa shape index (κ2) is 8.15. The minimum Gasteiger partial charge on any atom is -0.319 e. The van der Waals surface area contributed by atoms with Gasteiger partial charge in [0.25, 0.3) is 5.91 Å². The van der Waals surface area contributed by atoms with Crippen molar-refractivity contribution in [1.82, 2.24) is 10.2 Å². The van der Waals surface area contributed by atoms with Crippen LogP contribution in [0.4, 0.5) is 4.79 Å². The number of benzene rings is 3. The van der Waals surface area contributed by atoms with Crippen LogP contribution in [0, 0.1) is 0 Å². The number of amides is 3. The SMILES string of the molecule is CC(C)c1ccc(CN2C(=O)N[C@@](Cc3ccccc3)(c3ccccc3)C2=O)cc1. The molecule has 1 saturated heterocycles. The summed E-state index contributed by atoms with van der Waals surface area (Å²) in [6, 6.07) is 27.1. The fourth-order valence-electron chi connectivity index (χ4n) is 4.00. The molecule has 1 aliphatic heterocycles. The van der Waals surface area contributed by atoms with Crippen molar-refractivity contribution in [2.24, 2.45) is 0 Å². The zero-order valence-corrected chi connectivity index (χ0v) is 17.3. The third-order valence-electron chi connectivity index (χ3n) is 5.74. The molecule has 4 nitrogen and oxygen atoms in total. The largest absolute Gasteiger partial charge is 0.325 e. The van der Waals surface area contributed by atoms with Gasteiger partial charge >= 0.3 is 6.03 Å². The maximum absolute atomic E-state index is 13.7. The van der Waals surface area contributed by atoms with E-state index in [1.54, 1.807) is 0 Å². The molecule has 1 aliphatic rings. The second-order valence-electron chi connectivity index (χ2n) is 8.15. The molecule has 1 heterocycles. The second-order valence-corrected chi connectivity index (χ2v) is 8.15. The highest BCUT2D eigenvalue weighted by molar-refractivity contribution is 6.07. The van der Waals surface area contributed by atoms with Crippen LogP contribution in [0.15, 0.2) is 84.9 Å². The van der Waals surface area contributed by atoms with Crippen LogP contribution in [0.1, 0.15) is 42.0 Å². The summed E-state index contributed by atoms with van der Waals surface area (Å²) in [4.78, 5) is 27.9. The average molecular weight is 399 g/mol. The summed E-state index contributed by atoms with van der Waals surface area (Å²) in [5.74, 6) is 0.225. The first-order valence-corrected chi connectivity index (χ1v) is 10.3. The molecule has 1 atom stereocenters. The highest BCUT2D eigenvalue weighted by Gasteiger charge is 2.52. The summed E-state index contributed by atoms with van der Waals surface area (Å²) < 4.78 is 0. The van der Waals surface area contributed by atoms with Crippen LogP contribution in [0.2, 0.25) is 0 Å². The molecule has 0 aliphatic carbocycles. The standard InChI is InChI=1S/C26H26N2O2/c1-19(2)22-15-13-21(14-16-22)18-28-24(29)26(27-25(28)30,23-11-7-4-8-12-23)17-20-9-5-3-6-10-20/h3-16,19H,17-18H2,1-2H3,(H,27,30)/t26-/m0/s1. The van der Waals surface area contributed by atoms with Gasteiger partial charge in [0.2, 0.25) is 0 Å². The van der Waals surface area contributed by atoms with Gasteiger partial charge in [-0.25, -0.2) is 4.79 Å². The zero-order valence-electron chi connectivity index (χ0n) is 17.3. The van der Waals surface area contributed by atoms with E-state index in [0.29, 0.717) is 12.3 Å². The van der Waals surface area contributed by atoms with Gasteiger partial charge in [-0.2, -0.15) is 0 Å². The molecule has 3 amide bonds. The Bertz CT molecular complexity index is 1030. The van der Waals surface area contributed by atoms with Gasteiger partial charge in [0, 0.05) is 6.42 Å². The molecule has 152 valence electrons. The molecule has 0 radical (unpaired) electrons. The zero-order chi connectivity index (χ0) is 21.1. The van der Waals surface area contributed by atoms with Gasteiger partial charge < -0.3 is 5.32 Å². The van der Waals surface area contributed by atoms with Crippen LogP contribution < -0.4 is 5.32 Å². The Morgan fingerprint density at radius 2 is 1.40 bits per heavy atom. The van der Waals surface area contributed by atoms with Gasteiger partial charge in [-0.05, 0) is 28.2 Å². The molecule has 0 bridgehead atoms. The lowest BCUT2D eigenvalue weighted by Crippen LogP contribution is -2.46. The average Bonchev–Trinajstić information content (AvgIpc) is 3.00. The molecule has 0 unspecified atom stereocenters. The van der Waals surface area contributed by atoms with E-state index >= 15 is 0 Å². The molecule has 4 heteroatoms. The van der Waals surface area contributed by atoms with Crippen molar-refractivity contribution < 1.29 is 9.59 Å². The predicted molar refractivity (Wildman–Crippen MR) is 118 cm³/mol. The molecule has 4 rings (SSSR count). The summed E-state index contributed by atoms with van der Waals surface area (Å²) in [7, 11) is 0. The lowest BCUT2D eigenvalue weighted by Gasteiger charge is -2.27. The molecule has 0 saturated carbocycles. The number of rotatable bonds is 6. The maximum Gasteiger partial charge on any atom is 0.325 e. The highest BCUT2D eigenvalue weighted by atomic mass is 16.2. The molecule has 3 aromatic rings. The number of nitrogens with one attached hydrogen (secondary N) is 1. The van der Waals surface area contributed by atoms with Crippen LogP contribution in [-0.2, 0) is 23.3 Å². The van der Waals surface area contributed by atoms with Crippen molar-refractivity contribution in [2.75, 3.05) is 0 Å². The van der Waals surface area contributed by atoms with E-state index in [9.17, 15) is 9.59 Å². The Labute approximate surface area is 177 Å². The molecule has 0 aromatic heterocycles. The number of urea groups is 1. The van der Waals surface area contributed by atoms with Gasteiger partial charge in [-0.15, -0.1) is 0 Å². The summed E-state index contributed by atoms with van der Waals surface area (Å²) in [5.41, 5.74) is 2.87. The molecule has 0 spiro atoms. The number of hydrogen-bond donors (Lipinski definition) is 1. The minimum absolute atomic E-state index is 0.213. The van der Waals surface area contributed by atoms with Crippen LogP contribution in [0.3, 0.4) is 0 Å². The van der Waals surface area contributed by atoms with Crippen molar-refractivity contribution >= 4 is 11.9 Å². The number of carbonyl (C=O) groups excluding carboxylic acids is 2. The Balaban J connectivity index is 1.67. The molecular weight excluding hydrogens is 372 g/mol. The Kier molecular flexibility index (Phi) is 5.40. The van der Waals surface area contributed by atoms with E-state index in [2.05, 4.69) is 31.3 Å². The van der Waals surface area contributed by atoms with Crippen molar-refractivity contribution in [3.63, 3.8) is 0 Å². The third kappa shape index (κ3) is 3.73. The van der Waals surface area contributed by atoms with Crippen LogP contribution in [0.5, 0.6) is 0 Å². The fraction of sp³-hybridized carbons (Fsp3) is 0.231. The minimum atomic E-state index is -1.10. The number of carbonyl (C=O) groups is 2. The van der Waals surface area contributed by atoms with Crippen LogP contribution in [0.25, 0.3) is 0 Å². The van der Waals surface area contributed by atoms with E-state index in [4.69, 9.17) is 0 Å². The summed E-state index contributed by atoms with van der Waals surface area (Å²) >= 11 is 0. The van der Waals surface area contributed by atoms with Crippen molar-refractivity contribution in [2.45, 2.75) is 38.3 Å². The van der Waals surface area contributed by atoms with Gasteiger partial charge in [0.05, 0.1) is 6.54 Å².